The van der Waals surface area contributed by atoms with Gasteiger partial charge in [0.25, 0.3) is 0 Å². The molecule has 2 rings (SSSR count). The van der Waals surface area contributed by atoms with Crippen molar-refractivity contribution in [2.75, 3.05) is 13.2 Å². The van der Waals surface area contributed by atoms with Gasteiger partial charge in [-0.1, -0.05) is 0 Å². The van der Waals surface area contributed by atoms with Gasteiger partial charge in [0.2, 0.25) is 0 Å². The third-order valence-electron chi connectivity index (χ3n) is 5.18. The summed E-state index contributed by atoms with van der Waals surface area (Å²) in [6.45, 7) is -0.0847. The molecule has 1 aromatic heterocycles. The zero-order chi connectivity index (χ0) is 21.2. The van der Waals surface area contributed by atoms with Gasteiger partial charge in [0, 0.05) is 0 Å². The second-order valence-corrected chi connectivity index (χ2v) is 9.19. The van der Waals surface area contributed by atoms with Gasteiger partial charge in [0.15, 0.2) is 0 Å². The number of hydrogen-bond acceptors (Lipinski definition) is 5. The molecule has 0 bridgehead atoms. The first-order chi connectivity index (χ1) is 13.9. The van der Waals surface area contributed by atoms with Crippen molar-refractivity contribution in [2.45, 2.75) is 37.9 Å². The molecule has 5 atom stereocenters. The minimum atomic E-state index is -0.992. The summed E-state index contributed by atoms with van der Waals surface area (Å²) in [5.74, 6) is 1.20. The van der Waals surface area contributed by atoms with Gasteiger partial charge in [-0.25, -0.2) is 0 Å². The van der Waals surface area contributed by atoms with Crippen molar-refractivity contribution in [3.63, 3.8) is 0 Å². The molecule has 1 saturated carbocycles. The summed E-state index contributed by atoms with van der Waals surface area (Å²) in [4.78, 5) is 11.7. The summed E-state index contributed by atoms with van der Waals surface area (Å²) in [5, 5.41) is 31.4. The molecule has 0 radical (unpaired) electrons. The summed E-state index contributed by atoms with van der Waals surface area (Å²) in [5.41, 5.74) is 0. The van der Waals surface area contributed by atoms with Crippen molar-refractivity contribution in [3.05, 3.63) is 45.1 Å². The summed E-state index contributed by atoms with van der Waals surface area (Å²) in [7, 11) is 3.90. The van der Waals surface area contributed by atoms with E-state index in [0.717, 1.165) is 10.9 Å². The van der Waals surface area contributed by atoms with E-state index in [1.165, 1.54) is 4.88 Å². The molecule has 1 heterocycles. The first kappa shape index (κ1) is 24.2. The summed E-state index contributed by atoms with van der Waals surface area (Å²) in [6, 6.07) is 2.07. The van der Waals surface area contributed by atoms with Crippen LogP contribution in [-0.2, 0) is 16.0 Å². The van der Waals surface area contributed by atoms with E-state index in [1.54, 1.807) is 17.4 Å². The predicted molar refractivity (Wildman–Crippen MR) is 122 cm³/mol. The van der Waals surface area contributed by atoms with Crippen molar-refractivity contribution in [2.24, 2.45) is 17.8 Å². The van der Waals surface area contributed by atoms with Gasteiger partial charge < -0.3 is 0 Å². The zero-order valence-electron chi connectivity index (χ0n) is 16.3. The summed E-state index contributed by atoms with van der Waals surface area (Å²) >= 11 is 5.12. The molecule has 0 amide bonds. The Morgan fingerprint density at radius 1 is 1.45 bits per heavy atom. The average Bonchev–Trinajstić information content (AvgIpc) is 3.23. The van der Waals surface area contributed by atoms with E-state index in [0.29, 0.717) is 19.3 Å². The van der Waals surface area contributed by atoms with Crippen molar-refractivity contribution < 1.29 is 24.9 Å². The molecule has 8 heteroatoms. The molecular formula is C21H28BBrO5S. The number of rotatable bonds is 12. The molecule has 158 valence electrons. The topological polar surface area (TPSA) is 87.0 Å². The third-order valence-corrected chi connectivity index (χ3v) is 6.94. The Hall–Kier alpha value is -1.06. The van der Waals surface area contributed by atoms with E-state index in [-0.39, 0.29) is 31.0 Å². The van der Waals surface area contributed by atoms with Gasteiger partial charge in [-0.15, -0.1) is 0 Å². The Morgan fingerprint density at radius 2 is 2.24 bits per heavy atom. The fraction of sp³-hybridized carbons (Fsp3) is 0.524. The predicted octanol–water partition coefficient (Wildman–Crippen LogP) is 2.72. The fourth-order valence-electron chi connectivity index (χ4n) is 3.70. The van der Waals surface area contributed by atoms with E-state index >= 15 is 0 Å². The Kier molecular flexibility index (Phi) is 10.5. The Bertz CT molecular complexity index is 720. The summed E-state index contributed by atoms with van der Waals surface area (Å²) in [6.07, 6.45) is 9.41. The van der Waals surface area contributed by atoms with Gasteiger partial charge in [-0.05, 0) is 0 Å². The minimum absolute atomic E-state index is 0.0328. The molecular weight excluding hydrogens is 455 g/mol. The number of aliphatic carboxylic acids is 1. The van der Waals surface area contributed by atoms with Gasteiger partial charge in [0.1, 0.15) is 0 Å². The molecule has 0 saturated heterocycles. The normalized spacial score (nSPS) is 25.7. The Balaban J connectivity index is 1.87. The molecule has 3 N–H and O–H groups in total. The van der Waals surface area contributed by atoms with Crippen LogP contribution in [0, 0.1) is 17.8 Å². The standard InChI is InChI=1S/C21H28BBrO5S/c22-11-14-9-20(25)19(3-1-2-8-28-12-21(26)27)18(14)7-5-16(24)4-6-17-10-15(23)13-29-17/h1-2,5,7,10-11,13-14,16,18-20,22,24-25H,3-4,6,8-9,12H2,(H,26,27)/b2-1-,7-5+/t14-,16-,18-,19+,20?/m0/s1. The molecule has 1 unspecified atom stereocenters. The fourth-order valence-corrected chi connectivity index (χ4v) is 5.17. The van der Waals surface area contributed by atoms with Crippen molar-refractivity contribution >= 4 is 46.7 Å². The molecule has 1 aliphatic carbocycles. The SMILES string of the molecule is B=C[C@@H]1CC(O)[C@H](C/C=C\COCC(=O)O)[C@H]1/C=C/[C@@H](O)CCc1cc(Br)cs1. The summed E-state index contributed by atoms with van der Waals surface area (Å²) < 4.78 is 6.06. The molecule has 5 nitrogen and oxygen atoms in total. The number of aliphatic hydroxyl groups excluding tert-OH is 2. The molecule has 1 fully saturated rings. The maximum atomic E-state index is 10.5. The molecule has 0 spiro atoms. The number of aliphatic hydroxyl groups is 2. The van der Waals surface area contributed by atoms with Gasteiger partial charge in [0.05, 0.1) is 0 Å². The van der Waals surface area contributed by atoms with Crippen LogP contribution in [0.25, 0.3) is 0 Å². The van der Waals surface area contributed by atoms with Gasteiger partial charge in [-0.3, -0.25) is 0 Å². The van der Waals surface area contributed by atoms with Crippen LogP contribution in [0.3, 0.4) is 0 Å². The quantitative estimate of drug-likeness (QED) is 0.242. The number of halogens is 1. The first-order valence-corrected chi connectivity index (χ1v) is 11.4. The zero-order valence-corrected chi connectivity index (χ0v) is 18.7. The molecule has 1 aromatic rings. The van der Waals surface area contributed by atoms with E-state index in [9.17, 15) is 15.0 Å². The van der Waals surface area contributed by atoms with Crippen LogP contribution in [0.2, 0.25) is 0 Å². The molecule has 29 heavy (non-hydrogen) atoms. The number of carboxylic acid groups (broad SMARTS) is 1. The number of carbonyl (C=O) groups is 1. The van der Waals surface area contributed by atoms with Crippen LogP contribution in [-0.4, -0.2) is 60.2 Å². The maximum absolute atomic E-state index is 10.5. The molecule has 0 aliphatic heterocycles. The van der Waals surface area contributed by atoms with Gasteiger partial charge >= 0.3 is 186 Å². The second-order valence-electron chi connectivity index (χ2n) is 7.28. The van der Waals surface area contributed by atoms with Crippen LogP contribution in [0.1, 0.15) is 24.1 Å². The average molecular weight is 483 g/mol. The van der Waals surface area contributed by atoms with E-state index in [1.807, 2.05) is 29.6 Å². The number of ether oxygens (including phenoxy) is 1. The monoisotopic (exact) mass is 482 g/mol. The van der Waals surface area contributed by atoms with E-state index in [2.05, 4.69) is 29.5 Å². The number of aryl methyl sites for hydroxylation is 1. The van der Waals surface area contributed by atoms with E-state index < -0.39 is 18.2 Å². The van der Waals surface area contributed by atoms with E-state index in [4.69, 9.17) is 9.84 Å². The number of carboxylic acids is 1. The van der Waals surface area contributed by atoms with Crippen LogP contribution in [0.5, 0.6) is 0 Å². The number of thiophene rings is 1. The van der Waals surface area contributed by atoms with Crippen LogP contribution in [0.4, 0.5) is 0 Å². The second kappa shape index (κ2) is 12.6. The van der Waals surface area contributed by atoms with Crippen molar-refractivity contribution in [1.29, 1.82) is 0 Å². The Labute approximate surface area is 185 Å². The third kappa shape index (κ3) is 8.30. The van der Waals surface area contributed by atoms with Crippen molar-refractivity contribution in [3.8, 4) is 0 Å². The van der Waals surface area contributed by atoms with Crippen LogP contribution < -0.4 is 0 Å². The molecule has 0 aromatic carbocycles. The van der Waals surface area contributed by atoms with Gasteiger partial charge in [-0.2, -0.15) is 0 Å². The van der Waals surface area contributed by atoms with Crippen molar-refractivity contribution in [1.82, 2.24) is 0 Å². The first-order valence-electron chi connectivity index (χ1n) is 9.75. The molecule has 1 aliphatic rings. The van der Waals surface area contributed by atoms with Crippen LogP contribution in [0.15, 0.2) is 40.2 Å². The number of hydrogen-bond donors (Lipinski definition) is 3. The van der Waals surface area contributed by atoms with Crippen LogP contribution >= 0.6 is 27.3 Å². The number of allylic oxidation sites excluding steroid dienone is 2. The Morgan fingerprint density at radius 3 is 2.90 bits per heavy atom.